The van der Waals surface area contributed by atoms with E-state index in [-0.39, 0.29) is 0 Å². The molecular formula is C8H15ClN4O2. The summed E-state index contributed by atoms with van der Waals surface area (Å²) in [6.45, 7) is 2.64. The number of alkyl halides is 1. The lowest BCUT2D eigenvalue weighted by Gasteiger charge is -2.04. The highest BCUT2D eigenvalue weighted by atomic mass is 35.5. The molecule has 86 valence electrons. The summed E-state index contributed by atoms with van der Waals surface area (Å²) in [6, 6.07) is 0. The fourth-order valence-electron chi connectivity index (χ4n) is 1.05. The van der Waals surface area contributed by atoms with Crippen molar-refractivity contribution in [3.05, 3.63) is 5.82 Å². The lowest BCUT2D eigenvalue weighted by Crippen LogP contribution is -2.09. The maximum absolute atomic E-state index is 5.64. The van der Waals surface area contributed by atoms with Crippen LogP contribution in [0.3, 0.4) is 0 Å². The van der Waals surface area contributed by atoms with Gasteiger partial charge in [0.25, 0.3) is 0 Å². The molecule has 0 N–H and O–H groups in total. The predicted molar refractivity (Wildman–Crippen MR) is 54.7 cm³/mol. The zero-order valence-electron chi connectivity index (χ0n) is 8.73. The molecule has 0 spiro atoms. The molecule has 15 heavy (non-hydrogen) atoms. The number of hydrogen-bond donors (Lipinski definition) is 0. The van der Waals surface area contributed by atoms with Gasteiger partial charge in [-0.25, -0.2) is 4.68 Å². The Bertz CT molecular complexity index is 269. The number of ether oxygens (including phenoxy) is 2. The standard InChI is InChI=1S/C8H15ClN4O2/c1-14-5-6-15-4-2-3-13-8(7-9)10-11-12-13/h2-7H2,1H3. The topological polar surface area (TPSA) is 62.1 Å². The third-order valence-electron chi connectivity index (χ3n) is 1.82. The molecule has 0 fully saturated rings. The lowest BCUT2D eigenvalue weighted by atomic mass is 10.4. The molecular weight excluding hydrogens is 220 g/mol. The largest absolute Gasteiger partial charge is 0.382 e. The Balaban J connectivity index is 2.09. The van der Waals surface area contributed by atoms with Gasteiger partial charge >= 0.3 is 0 Å². The molecule has 1 rings (SSSR count). The second-order valence-corrected chi connectivity index (χ2v) is 3.18. The van der Waals surface area contributed by atoms with Crippen LogP contribution in [0.25, 0.3) is 0 Å². The number of hydrogen-bond acceptors (Lipinski definition) is 5. The minimum absolute atomic E-state index is 0.331. The molecule has 0 unspecified atom stereocenters. The molecule has 1 aromatic rings. The molecule has 1 aromatic heterocycles. The van der Waals surface area contributed by atoms with Gasteiger partial charge in [-0.1, -0.05) is 0 Å². The van der Waals surface area contributed by atoms with Crippen LogP contribution in [-0.4, -0.2) is 47.1 Å². The smallest absolute Gasteiger partial charge is 0.165 e. The summed E-state index contributed by atoms with van der Waals surface area (Å²) in [6.07, 6.45) is 0.860. The minimum atomic E-state index is 0.331. The van der Waals surface area contributed by atoms with E-state index in [4.69, 9.17) is 21.1 Å². The Kier molecular flexibility index (Phi) is 6.22. The zero-order chi connectivity index (χ0) is 10.9. The molecule has 0 radical (unpaired) electrons. The van der Waals surface area contributed by atoms with Crippen molar-refractivity contribution in [3.8, 4) is 0 Å². The van der Waals surface area contributed by atoms with Crippen LogP contribution >= 0.6 is 11.6 Å². The maximum Gasteiger partial charge on any atom is 0.165 e. The van der Waals surface area contributed by atoms with Gasteiger partial charge in [0, 0.05) is 20.3 Å². The van der Waals surface area contributed by atoms with Crippen LogP contribution in [0.5, 0.6) is 0 Å². The van der Waals surface area contributed by atoms with E-state index in [9.17, 15) is 0 Å². The fraction of sp³-hybridized carbons (Fsp3) is 0.875. The summed E-state index contributed by atoms with van der Waals surface area (Å²) in [5.41, 5.74) is 0. The summed E-state index contributed by atoms with van der Waals surface area (Å²) in [5.74, 6) is 1.02. The van der Waals surface area contributed by atoms with Gasteiger partial charge in [-0.2, -0.15) is 0 Å². The van der Waals surface area contributed by atoms with Gasteiger partial charge in [0.2, 0.25) is 0 Å². The molecule has 1 heterocycles. The lowest BCUT2D eigenvalue weighted by molar-refractivity contribution is 0.0676. The van der Waals surface area contributed by atoms with Crippen LogP contribution in [0, 0.1) is 0 Å². The van der Waals surface area contributed by atoms with Gasteiger partial charge in [-0.05, 0) is 16.8 Å². The van der Waals surface area contributed by atoms with Crippen LogP contribution in [0.1, 0.15) is 12.2 Å². The van der Waals surface area contributed by atoms with Gasteiger partial charge in [0.1, 0.15) is 0 Å². The van der Waals surface area contributed by atoms with Crippen molar-refractivity contribution in [3.63, 3.8) is 0 Å². The molecule has 0 aromatic carbocycles. The molecule has 7 heteroatoms. The van der Waals surface area contributed by atoms with Gasteiger partial charge < -0.3 is 9.47 Å². The van der Waals surface area contributed by atoms with Crippen molar-refractivity contribution in [2.75, 3.05) is 26.9 Å². The Morgan fingerprint density at radius 2 is 2.20 bits per heavy atom. The highest BCUT2D eigenvalue weighted by Gasteiger charge is 2.02. The Morgan fingerprint density at radius 3 is 2.93 bits per heavy atom. The molecule has 6 nitrogen and oxygen atoms in total. The first-order valence-electron chi connectivity index (χ1n) is 4.76. The van der Waals surface area contributed by atoms with E-state index in [0.717, 1.165) is 13.0 Å². The minimum Gasteiger partial charge on any atom is -0.382 e. The summed E-state index contributed by atoms with van der Waals surface area (Å²) in [4.78, 5) is 0. The number of rotatable bonds is 8. The summed E-state index contributed by atoms with van der Waals surface area (Å²) < 4.78 is 11.8. The Morgan fingerprint density at radius 1 is 1.33 bits per heavy atom. The maximum atomic E-state index is 5.64. The molecule has 0 saturated carbocycles. The molecule has 0 bridgehead atoms. The molecule has 0 atom stereocenters. The predicted octanol–water partition coefficient (Wildman–Crippen LogP) is 0.465. The fourth-order valence-corrected chi connectivity index (χ4v) is 1.24. The van der Waals surface area contributed by atoms with E-state index in [2.05, 4.69) is 15.5 Å². The normalized spacial score (nSPS) is 10.8. The van der Waals surface area contributed by atoms with Crippen molar-refractivity contribution < 1.29 is 9.47 Å². The molecule has 0 amide bonds. The number of halogens is 1. The number of nitrogens with zero attached hydrogens (tertiary/aromatic N) is 4. The average molecular weight is 235 g/mol. The summed E-state index contributed by atoms with van der Waals surface area (Å²) in [5, 5.41) is 11.1. The van der Waals surface area contributed by atoms with Crippen LogP contribution in [0.15, 0.2) is 0 Å². The zero-order valence-corrected chi connectivity index (χ0v) is 9.48. The van der Waals surface area contributed by atoms with E-state index >= 15 is 0 Å². The van der Waals surface area contributed by atoms with Gasteiger partial charge in [0.05, 0.1) is 19.1 Å². The monoisotopic (exact) mass is 234 g/mol. The third kappa shape index (κ3) is 4.55. The van der Waals surface area contributed by atoms with E-state index < -0.39 is 0 Å². The molecule has 0 aliphatic rings. The number of aromatic nitrogens is 4. The number of aryl methyl sites for hydroxylation is 1. The van der Waals surface area contributed by atoms with E-state index in [1.807, 2.05) is 0 Å². The van der Waals surface area contributed by atoms with E-state index in [1.165, 1.54) is 0 Å². The first-order chi connectivity index (χ1) is 7.38. The first kappa shape index (κ1) is 12.4. The van der Waals surface area contributed by atoms with Crippen LogP contribution in [0.2, 0.25) is 0 Å². The van der Waals surface area contributed by atoms with Crippen LogP contribution < -0.4 is 0 Å². The van der Waals surface area contributed by atoms with Crippen molar-refractivity contribution in [1.82, 2.24) is 20.2 Å². The molecule has 0 aliphatic heterocycles. The van der Waals surface area contributed by atoms with E-state index in [1.54, 1.807) is 11.8 Å². The number of methoxy groups -OCH3 is 1. The van der Waals surface area contributed by atoms with Crippen molar-refractivity contribution in [2.24, 2.45) is 0 Å². The molecule has 0 aliphatic carbocycles. The van der Waals surface area contributed by atoms with Gasteiger partial charge in [-0.3, -0.25) is 0 Å². The van der Waals surface area contributed by atoms with Crippen molar-refractivity contribution in [2.45, 2.75) is 18.8 Å². The molecule has 0 saturated heterocycles. The van der Waals surface area contributed by atoms with Crippen molar-refractivity contribution >= 4 is 11.6 Å². The van der Waals surface area contributed by atoms with Crippen molar-refractivity contribution in [1.29, 1.82) is 0 Å². The van der Waals surface area contributed by atoms with E-state index in [0.29, 0.717) is 31.5 Å². The summed E-state index contributed by atoms with van der Waals surface area (Å²) >= 11 is 5.64. The quantitative estimate of drug-likeness (QED) is 0.483. The summed E-state index contributed by atoms with van der Waals surface area (Å²) in [7, 11) is 1.65. The van der Waals surface area contributed by atoms with Gasteiger partial charge in [0.15, 0.2) is 5.82 Å². The highest BCUT2D eigenvalue weighted by molar-refractivity contribution is 6.16. The van der Waals surface area contributed by atoms with Crippen LogP contribution in [0.4, 0.5) is 0 Å². The number of tetrazole rings is 1. The van der Waals surface area contributed by atoms with Gasteiger partial charge in [-0.15, -0.1) is 16.7 Å². The third-order valence-corrected chi connectivity index (χ3v) is 2.06. The Hall–Kier alpha value is -0.720. The SMILES string of the molecule is COCCOCCCn1nnnc1CCl. The second-order valence-electron chi connectivity index (χ2n) is 2.91. The highest BCUT2D eigenvalue weighted by Crippen LogP contribution is 1.98. The Labute approximate surface area is 93.5 Å². The average Bonchev–Trinajstić information content (AvgIpc) is 2.70. The first-order valence-corrected chi connectivity index (χ1v) is 5.29. The van der Waals surface area contributed by atoms with Crippen LogP contribution in [-0.2, 0) is 21.9 Å². The second kappa shape index (κ2) is 7.56.